The van der Waals surface area contributed by atoms with Crippen LogP contribution in [-0.4, -0.2) is 28.9 Å². The molecule has 0 rings (SSSR count). The van der Waals surface area contributed by atoms with Crippen LogP contribution in [0, 0.1) is 5.92 Å². The Hall–Kier alpha value is -0.220. The lowest BCUT2D eigenvalue weighted by molar-refractivity contribution is -0.148. The molecule has 1 atom stereocenters. The van der Waals surface area contributed by atoms with Crippen LogP contribution in [0.1, 0.15) is 59.3 Å². The molecule has 0 bridgehead atoms. The van der Waals surface area contributed by atoms with Crippen LogP contribution < -0.4 is 0 Å². The number of rotatable bonds is 11. The fraction of sp³-hybridized carbons (Fsp3) is 0.929. The monoisotopic (exact) mass is 276 g/mol. The number of hydrogen-bond acceptors (Lipinski definition) is 4. The number of carbonyl (C=O) groups excluding carboxylic acids is 1. The van der Waals surface area contributed by atoms with Crippen LogP contribution in [0.15, 0.2) is 0 Å². The second-order valence-electron chi connectivity index (χ2n) is 4.99. The zero-order valence-corrected chi connectivity index (χ0v) is 12.8. The summed E-state index contributed by atoms with van der Waals surface area (Å²) in [6.07, 6.45) is 6.56. The maximum absolute atomic E-state index is 11.4. The van der Waals surface area contributed by atoms with Crippen molar-refractivity contribution in [3.05, 3.63) is 0 Å². The molecule has 4 heteroatoms. The van der Waals surface area contributed by atoms with E-state index in [1.54, 1.807) is 0 Å². The van der Waals surface area contributed by atoms with Gasteiger partial charge in [-0.3, -0.25) is 0 Å². The van der Waals surface area contributed by atoms with Crippen LogP contribution >= 0.6 is 11.8 Å². The molecule has 0 amide bonds. The topological polar surface area (TPSA) is 46.5 Å². The molecule has 18 heavy (non-hydrogen) atoms. The summed E-state index contributed by atoms with van der Waals surface area (Å²) in [5.74, 6) is 0.961. The normalized spacial score (nSPS) is 12.7. The van der Waals surface area contributed by atoms with Crippen LogP contribution in [0.2, 0.25) is 0 Å². The van der Waals surface area contributed by atoms with Gasteiger partial charge in [0, 0.05) is 0 Å². The predicted molar refractivity (Wildman–Crippen MR) is 77.6 cm³/mol. The van der Waals surface area contributed by atoms with E-state index in [2.05, 4.69) is 20.8 Å². The first-order valence-electron chi connectivity index (χ1n) is 7.04. The lowest BCUT2D eigenvalue weighted by Crippen LogP contribution is -2.20. The zero-order chi connectivity index (χ0) is 13.8. The van der Waals surface area contributed by atoms with E-state index >= 15 is 0 Å². The largest absolute Gasteiger partial charge is 0.463 e. The molecule has 0 radical (unpaired) electrons. The number of unbranched alkanes of at least 4 members (excludes halogenated alkanes) is 3. The van der Waals surface area contributed by atoms with E-state index in [4.69, 9.17) is 4.74 Å². The van der Waals surface area contributed by atoms with Crippen molar-refractivity contribution in [1.29, 1.82) is 0 Å². The number of ether oxygens (including phenoxy) is 1. The minimum absolute atomic E-state index is 0.421. The molecule has 1 N–H and O–H groups in total. The first-order chi connectivity index (χ1) is 8.57. The van der Waals surface area contributed by atoms with Crippen molar-refractivity contribution < 1.29 is 14.6 Å². The van der Waals surface area contributed by atoms with Crippen LogP contribution in [0.4, 0.5) is 0 Å². The van der Waals surface area contributed by atoms with Gasteiger partial charge in [-0.2, -0.15) is 0 Å². The first kappa shape index (κ1) is 17.8. The number of esters is 1. The Morgan fingerprint density at radius 1 is 1.22 bits per heavy atom. The molecule has 0 aromatic heterocycles. The third kappa shape index (κ3) is 10.9. The zero-order valence-electron chi connectivity index (χ0n) is 12.0. The fourth-order valence-corrected chi connectivity index (χ4v) is 2.33. The third-order valence-corrected chi connectivity index (χ3v) is 3.68. The van der Waals surface area contributed by atoms with E-state index in [9.17, 15) is 9.90 Å². The summed E-state index contributed by atoms with van der Waals surface area (Å²) in [4.78, 5) is 11.4. The maximum atomic E-state index is 11.4. The van der Waals surface area contributed by atoms with E-state index < -0.39 is 11.4 Å². The second-order valence-corrected chi connectivity index (χ2v) is 6.18. The van der Waals surface area contributed by atoms with Crippen molar-refractivity contribution >= 4 is 17.7 Å². The predicted octanol–water partition coefficient (Wildman–Crippen LogP) is 3.60. The highest BCUT2D eigenvalue weighted by molar-refractivity contribution is 8.00. The number of aliphatic hydroxyl groups is 1. The van der Waals surface area contributed by atoms with E-state index in [0.29, 0.717) is 12.5 Å². The summed E-state index contributed by atoms with van der Waals surface area (Å²) in [5, 5.41) is 9.57. The van der Waals surface area contributed by atoms with Crippen molar-refractivity contribution in [2.75, 3.05) is 12.4 Å². The highest BCUT2D eigenvalue weighted by atomic mass is 32.2. The van der Waals surface area contributed by atoms with Crippen molar-refractivity contribution in [2.24, 2.45) is 5.92 Å². The van der Waals surface area contributed by atoms with Crippen molar-refractivity contribution in [3.63, 3.8) is 0 Å². The summed E-state index contributed by atoms with van der Waals surface area (Å²) in [7, 11) is 0. The Morgan fingerprint density at radius 2 is 1.94 bits per heavy atom. The molecule has 1 unspecified atom stereocenters. The molecule has 0 saturated heterocycles. The molecule has 0 aromatic carbocycles. The Balaban J connectivity index is 3.45. The van der Waals surface area contributed by atoms with E-state index in [0.717, 1.165) is 25.0 Å². The van der Waals surface area contributed by atoms with E-state index in [1.165, 1.54) is 31.0 Å². The summed E-state index contributed by atoms with van der Waals surface area (Å²) in [6.45, 7) is 6.87. The highest BCUT2D eigenvalue weighted by Gasteiger charge is 2.16. The van der Waals surface area contributed by atoms with Gasteiger partial charge in [-0.25, -0.2) is 4.79 Å². The maximum Gasteiger partial charge on any atom is 0.345 e. The summed E-state index contributed by atoms with van der Waals surface area (Å²) in [6, 6.07) is 0. The SMILES string of the molecule is CCCCCCSC(O)C(=O)OCCCC(C)C. The molecule has 108 valence electrons. The Labute approximate surface area is 116 Å². The van der Waals surface area contributed by atoms with E-state index in [1.807, 2.05) is 0 Å². The van der Waals surface area contributed by atoms with Crippen molar-refractivity contribution in [1.82, 2.24) is 0 Å². The van der Waals surface area contributed by atoms with Gasteiger partial charge in [0.25, 0.3) is 0 Å². The molecule has 0 aromatic rings. The first-order valence-corrected chi connectivity index (χ1v) is 8.09. The standard InChI is InChI=1S/C14H28O3S/c1-4-5-6-7-11-18-14(16)13(15)17-10-8-9-12(2)3/h12,14,16H,4-11H2,1-3H3. The molecule has 0 aliphatic heterocycles. The molecule has 0 spiro atoms. The van der Waals surface area contributed by atoms with Crippen LogP contribution in [-0.2, 0) is 9.53 Å². The Kier molecular flexibility index (Phi) is 11.7. The van der Waals surface area contributed by atoms with Gasteiger partial charge in [-0.1, -0.05) is 40.0 Å². The van der Waals surface area contributed by atoms with Gasteiger partial charge in [0.05, 0.1) is 6.61 Å². The van der Waals surface area contributed by atoms with Gasteiger partial charge in [0.15, 0.2) is 5.44 Å². The minimum atomic E-state index is -1.01. The van der Waals surface area contributed by atoms with Crippen LogP contribution in [0.25, 0.3) is 0 Å². The van der Waals surface area contributed by atoms with Crippen LogP contribution in [0.5, 0.6) is 0 Å². The van der Waals surface area contributed by atoms with Gasteiger partial charge >= 0.3 is 5.97 Å². The van der Waals surface area contributed by atoms with Crippen LogP contribution in [0.3, 0.4) is 0 Å². The number of carbonyl (C=O) groups is 1. The molecule has 0 aliphatic rings. The second kappa shape index (κ2) is 11.8. The fourth-order valence-electron chi connectivity index (χ4n) is 1.53. The molecular weight excluding hydrogens is 248 g/mol. The molecule has 0 saturated carbocycles. The third-order valence-electron chi connectivity index (χ3n) is 2.65. The van der Waals surface area contributed by atoms with Gasteiger partial charge in [0.1, 0.15) is 0 Å². The highest BCUT2D eigenvalue weighted by Crippen LogP contribution is 2.14. The van der Waals surface area contributed by atoms with Gasteiger partial charge < -0.3 is 9.84 Å². The van der Waals surface area contributed by atoms with Crippen molar-refractivity contribution in [2.45, 2.75) is 64.7 Å². The summed E-state index contributed by atoms with van der Waals surface area (Å²) >= 11 is 1.28. The molecule has 0 fully saturated rings. The van der Waals surface area contributed by atoms with Gasteiger partial charge in [-0.15, -0.1) is 11.8 Å². The van der Waals surface area contributed by atoms with Gasteiger partial charge in [0.2, 0.25) is 0 Å². The number of aliphatic hydroxyl groups excluding tert-OH is 1. The van der Waals surface area contributed by atoms with Crippen molar-refractivity contribution in [3.8, 4) is 0 Å². The molecule has 0 aliphatic carbocycles. The Morgan fingerprint density at radius 3 is 2.56 bits per heavy atom. The molecular formula is C14H28O3S. The van der Waals surface area contributed by atoms with Gasteiger partial charge in [-0.05, 0) is 30.9 Å². The quantitative estimate of drug-likeness (QED) is 0.356. The smallest absolute Gasteiger partial charge is 0.345 e. The molecule has 0 heterocycles. The van der Waals surface area contributed by atoms with E-state index in [-0.39, 0.29) is 0 Å². The number of thioether (sulfide) groups is 1. The number of hydrogen-bond donors (Lipinski definition) is 1. The lowest BCUT2D eigenvalue weighted by atomic mass is 10.1. The Bertz CT molecular complexity index is 207. The summed E-state index contributed by atoms with van der Waals surface area (Å²) in [5.41, 5.74) is -1.01. The lowest BCUT2D eigenvalue weighted by Gasteiger charge is -2.10. The average Bonchev–Trinajstić information content (AvgIpc) is 2.33. The molecule has 3 nitrogen and oxygen atoms in total. The average molecular weight is 276 g/mol. The summed E-state index contributed by atoms with van der Waals surface area (Å²) < 4.78 is 5.02. The minimum Gasteiger partial charge on any atom is -0.463 e.